The van der Waals surface area contributed by atoms with Crippen molar-refractivity contribution in [3.63, 3.8) is 0 Å². The maximum atomic E-state index is 12.5. The molecule has 2 unspecified atom stereocenters. The summed E-state index contributed by atoms with van der Waals surface area (Å²) in [7, 11) is 0. The number of benzene rings is 1. The first-order valence-corrected chi connectivity index (χ1v) is 10.4. The average molecular weight is 389 g/mol. The van der Waals surface area contributed by atoms with Crippen LogP contribution < -0.4 is 20.1 Å². The quantitative estimate of drug-likeness (QED) is 0.577. The van der Waals surface area contributed by atoms with Gasteiger partial charge in [0, 0.05) is 32.1 Å². The molecule has 7 nitrogen and oxygen atoms in total. The minimum Gasteiger partial charge on any atom is -0.486 e. The van der Waals surface area contributed by atoms with E-state index in [-0.39, 0.29) is 12.0 Å². The topological polar surface area (TPSA) is 75.2 Å². The lowest BCUT2D eigenvalue weighted by molar-refractivity contribution is -0.134. The van der Waals surface area contributed by atoms with Crippen LogP contribution in [-0.2, 0) is 4.79 Å². The highest BCUT2D eigenvalue weighted by Crippen LogP contribution is 2.30. The Morgan fingerprint density at radius 2 is 2.07 bits per heavy atom. The Kier molecular flexibility index (Phi) is 7.39. The number of likely N-dealkylation sites (tertiary alicyclic amines) is 1. The minimum absolute atomic E-state index is 0.124. The number of para-hydroxylation sites is 2. The fourth-order valence-corrected chi connectivity index (χ4v) is 3.59. The third-order valence-electron chi connectivity index (χ3n) is 5.12. The number of guanidine groups is 1. The molecule has 2 heterocycles. The summed E-state index contributed by atoms with van der Waals surface area (Å²) in [5, 5.41) is 6.48. The summed E-state index contributed by atoms with van der Waals surface area (Å²) in [6, 6.07) is 8.02. The molecule has 2 aliphatic heterocycles. The van der Waals surface area contributed by atoms with Crippen molar-refractivity contribution in [2.75, 3.05) is 32.8 Å². The molecule has 1 fully saturated rings. The number of rotatable bonds is 6. The number of carbonyl (C=O) groups excluding carboxylic acids is 1. The zero-order chi connectivity index (χ0) is 19.8. The normalized spacial score (nSPS) is 21.9. The molecular weight excluding hydrogens is 356 g/mol. The average Bonchev–Trinajstić information content (AvgIpc) is 2.72. The van der Waals surface area contributed by atoms with E-state index in [1.807, 2.05) is 36.1 Å². The molecule has 2 atom stereocenters. The predicted octanol–water partition coefficient (Wildman–Crippen LogP) is 2.17. The van der Waals surface area contributed by atoms with Crippen LogP contribution in [0, 0.1) is 0 Å². The molecule has 0 spiro atoms. The van der Waals surface area contributed by atoms with Crippen molar-refractivity contribution in [3.8, 4) is 11.5 Å². The number of hydrogen-bond donors (Lipinski definition) is 2. The van der Waals surface area contributed by atoms with Crippen LogP contribution in [0.3, 0.4) is 0 Å². The number of fused-ring (bicyclic) bond motifs is 1. The maximum Gasteiger partial charge on any atom is 0.224 e. The molecule has 0 bridgehead atoms. The van der Waals surface area contributed by atoms with Crippen LogP contribution >= 0.6 is 0 Å². The van der Waals surface area contributed by atoms with Gasteiger partial charge in [0.2, 0.25) is 5.91 Å². The van der Waals surface area contributed by atoms with E-state index in [0.717, 1.165) is 37.4 Å². The summed E-state index contributed by atoms with van der Waals surface area (Å²) in [4.78, 5) is 19.1. The second-order valence-corrected chi connectivity index (χ2v) is 7.33. The first-order chi connectivity index (χ1) is 13.7. The van der Waals surface area contributed by atoms with Gasteiger partial charge in [-0.3, -0.25) is 4.79 Å². The number of hydrogen-bond acceptors (Lipinski definition) is 4. The van der Waals surface area contributed by atoms with Gasteiger partial charge in [-0.05, 0) is 45.2 Å². The van der Waals surface area contributed by atoms with Gasteiger partial charge in [-0.2, -0.15) is 0 Å². The largest absolute Gasteiger partial charge is 0.486 e. The third-order valence-corrected chi connectivity index (χ3v) is 5.12. The van der Waals surface area contributed by atoms with Crippen LogP contribution in [0.1, 0.15) is 39.5 Å². The Morgan fingerprint density at radius 3 is 2.86 bits per heavy atom. The highest BCUT2D eigenvalue weighted by atomic mass is 16.6. The van der Waals surface area contributed by atoms with E-state index in [1.54, 1.807) is 0 Å². The van der Waals surface area contributed by atoms with Crippen LogP contribution in [0.25, 0.3) is 0 Å². The van der Waals surface area contributed by atoms with Crippen molar-refractivity contribution in [1.82, 2.24) is 15.5 Å². The molecule has 154 valence electrons. The van der Waals surface area contributed by atoms with E-state index in [9.17, 15) is 4.79 Å². The lowest BCUT2D eigenvalue weighted by Crippen LogP contribution is -2.44. The van der Waals surface area contributed by atoms with Crippen LogP contribution in [0.2, 0.25) is 0 Å². The first-order valence-electron chi connectivity index (χ1n) is 10.4. The SMILES string of the molecule is CCNC(=NCC1COc2ccccc2O1)NCCC(=O)N1CCCCC1C. The highest BCUT2D eigenvalue weighted by molar-refractivity contribution is 5.81. The number of aliphatic imine (C=N–C) groups is 1. The van der Waals surface area contributed by atoms with E-state index in [1.165, 1.54) is 6.42 Å². The smallest absolute Gasteiger partial charge is 0.224 e. The molecule has 3 rings (SSSR count). The molecule has 1 aromatic rings. The second kappa shape index (κ2) is 10.2. The summed E-state index contributed by atoms with van der Waals surface area (Å²) in [6.45, 7) is 7.34. The van der Waals surface area contributed by atoms with Crippen LogP contribution in [0.5, 0.6) is 11.5 Å². The van der Waals surface area contributed by atoms with Crippen molar-refractivity contribution in [2.24, 2.45) is 4.99 Å². The molecule has 28 heavy (non-hydrogen) atoms. The van der Waals surface area contributed by atoms with Crippen molar-refractivity contribution in [2.45, 2.75) is 51.7 Å². The van der Waals surface area contributed by atoms with Gasteiger partial charge in [0.1, 0.15) is 6.61 Å². The van der Waals surface area contributed by atoms with E-state index in [0.29, 0.717) is 38.1 Å². The standard InChI is InChI=1S/C21H32N4O3/c1-3-22-21(23-12-11-20(26)25-13-7-6-8-16(25)2)24-14-17-15-27-18-9-4-5-10-19(18)28-17/h4-5,9-10,16-17H,3,6-8,11-15H2,1-2H3,(H2,22,23,24). The summed E-state index contributed by atoms with van der Waals surface area (Å²) in [5.74, 6) is 2.45. The minimum atomic E-state index is -0.124. The third kappa shape index (κ3) is 5.53. The zero-order valence-electron chi connectivity index (χ0n) is 16.9. The van der Waals surface area contributed by atoms with E-state index in [2.05, 4.69) is 22.5 Å². The number of ether oxygens (including phenoxy) is 2. The first kappa shape index (κ1) is 20.3. The fraction of sp³-hybridized carbons (Fsp3) is 0.619. The van der Waals surface area contributed by atoms with E-state index in [4.69, 9.17) is 9.47 Å². The van der Waals surface area contributed by atoms with Crippen molar-refractivity contribution < 1.29 is 14.3 Å². The molecule has 2 N–H and O–H groups in total. The number of piperidine rings is 1. The lowest BCUT2D eigenvalue weighted by Gasteiger charge is -2.33. The van der Waals surface area contributed by atoms with E-state index < -0.39 is 0 Å². The van der Waals surface area contributed by atoms with Crippen molar-refractivity contribution in [3.05, 3.63) is 24.3 Å². The predicted molar refractivity (Wildman–Crippen MR) is 110 cm³/mol. The molecule has 1 saturated heterocycles. The van der Waals surface area contributed by atoms with Crippen molar-refractivity contribution >= 4 is 11.9 Å². The number of nitrogens with one attached hydrogen (secondary N) is 2. The lowest BCUT2D eigenvalue weighted by atomic mass is 10.0. The molecule has 1 amide bonds. The summed E-state index contributed by atoms with van der Waals surface area (Å²) < 4.78 is 11.7. The Balaban J connectivity index is 1.46. The van der Waals surface area contributed by atoms with Crippen LogP contribution in [-0.4, -0.2) is 61.7 Å². The molecule has 7 heteroatoms. The monoisotopic (exact) mass is 388 g/mol. The molecule has 0 aromatic heterocycles. The van der Waals surface area contributed by atoms with Crippen LogP contribution in [0.15, 0.2) is 29.3 Å². The summed E-state index contributed by atoms with van der Waals surface area (Å²) >= 11 is 0. The van der Waals surface area contributed by atoms with Gasteiger partial charge in [0.25, 0.3) is 0 Å². The Morgan fingerprint density at radius 1 is 1.25 bits per heavy atom. The molecular formula is C21H32N4O3. The Bertz CT molecular complexity index is 679. The van der Waals surface area contributed by atoms with Gasteiger partial charge >= 0.3 is 0 Å². The number of nitrogens with zero attached hydrogens (tertiary/aromatic N) is 2. The van der Waals surface area contributed by atoms with Gasteiger partial charge in [-0.1, -0.05) is 12.1 Å². The molecule has 0 aliphatic carbocycles. The van der Waals surface area contributed by atoms with Gasteiger partial charge in [0.05, 0.1) is 6.54 Å². The second-order valence-electron chi connectivity index (χ2n) is 7.33. The molecule has 0 saturated carbocycles. The van der Waals surface area contributed by atoms with Gasteiger partial charge in [-0.15, -0.1) is 0 Å². The number of carbonyl (C=O) groups is 1. The highest BCUT2D eigenvalue weighted by Gasteiger charge is 2.23. The van der Waals surface area contributed by atoms with Crippen LogP contribution in [0.4, 0.5) is 0 Å². The molecule has 0 radical (unpaired) electrons. The zero-order valence-corrected chi connectivity index (χ0v) is 16.9. The maximum absolute atomic E-state index is 12.5. The molecule has 2 aliphatic rings. The fourth-order valence-electron chi connectivity index (χ4n) is 3.59. The number of amides is 1. The summed E-state index contributed by atoms with van der Waals surface area (Å²) in [6.07, 6.45) is 3.79. The Labute approximate surface area is 167 Å². The van der Waals surface area contributed by atoms with Gasteiger partial charge in [0.15, 0.2) is 23.6 Å². The van der Waals surface area contributed by atoms with Crippen molar-refractivity contribution in [1.29, 1.82) is 0 Å². The Hall–Kier alpha value is -2.44. The summed E-state index contributed by atoms with van der Waals surface area (Å²) in [5.41, 5.74) is 0. The van der Waals surface area contributed by atoms with Gasteiger partial charge < -0.3 is 25.0 Å². The molecule has 1 aromatic carbocycles. The van der Waals surface area contributed by atoms with Gasteiger partial charge in [-0.25, -0.2) is 4.99 Å². The van der Waals surface area contributed by atoms with E-state index >= 15 is 0 Å².